The van der Waals surface area contributed by atoms with Gasteiger partial charge in [-0.3, -0.25) is 0 Å². The van der Waals surface area contributed by atoms with Crippen molar-refractivity contribution >= 4 is 23.2 Å². The molecule has 0 amide bonds. The molecule has 0 fully saturated rings. The zero-order chi connectivity index (χ0) is 13.4. The first-order valence-corrected chi connectivity index (χ1v) is 6.87. The summed E-state index contributed by atoms with van der Waals surface area (Å²) in [6.45, 7) is 0.742. The van der Waals surface area contributed by atoms with Crippen molar-refractivity contribution in [2.24, 2.45) is 5.73 Å². The quantitative estimate of drug-likeness (QED) is 0.909. The minimum Gasteiger partial charge on any atom is -0.493 e. The molecule has 3 rings (SSSR count). The van der Waals surface area contributed by atoms with Crippen molar-refractivity contribution < 1.29 is 4.74 Å². The Balaban J connectivity index is 1.99. The SMILES string of the molecule is N[C@@H](c1ccc2c(c1)CCO2)c1cc(Cl)ccc1Cl. The third-order valence-electron chi connectivity index (χ3n) is 3.37. The summed E-state index contributed by atoms with van der Waals surface area (Å²) in [4.78, 5) is 0. The van der Waals surface area contributed by atoms with Crippen molar-refractivity contribution in [3.8, 4) is 5.75 Å². The van der Waals surface area contributed by atoms with Crippen molar-refractivity contribution in [3.05, 3.63) is 63.1 Å². The molecule has 2 aromatic carbocycles. The van der Waals surface area contributed by atoms with Crippen LogP contribution in [0.1, 0.15) is 22.7 Å². The van der Waals surface area contributed by atoms with Gasteiger partial charge in [0.2, 0.25) is 0 Å². The van der Waals surface area contributed by atoms with Gasteiger partial charge in [-0.2, -0.15) is 0 Å². The Bertz CT molecular complexity index is 628. The number of benzene rings is 2. The Labute approximate surface area is 122 Å². The van der Waals surface area contributed by atoms with Crippen LogP contribution in [0.4, 0.5) is 0 Å². The van der Waals surface area contributed by atoms with Crippen LogP contribution in [0.5, 0.6) is 5.75 Å². The summed E-state index contributed by atoms with van der Waals surface area (Å²) < 4.78 is 5.49. The van der Waals surface area contributed by atoms with Gasteiger partial charge in [0.1, 0.15) is 5.75 Å². The minimum absolute atomic E-state index is 0.280. The minimum atomic E-state index is -0.280. The molecule has 0 radical (unpaired) electrons. The van der Waals surface area contributed by atoms with E-state index in [9.17, 15) is 0 Å². The predicted octanol–water partition coefficient (Wildman–Crippen LogP) is 3.98. The van der Waals surface area contributed by atoms with Gasteiger partial charge < -0.3 is 10.5 Å². The molecule has 1 heterocycles. The van der Waals surface area contributed by atoms with Crippen LogP contribution < -0.4 is 10.5 Å². The Morgan fingerprint density at radius 2 is 1.95 bits per heavy atom. The summed E-state index contributed by atoms with van der Waals surface area (Å²) in [5, 5.41) is 1.27. The molecule has 0 aliphatic carbocycles. The van der Waals surface area contributed by atoms with E-state index in [2.05, 4.69) is 6.07 Å². The third kappa shape index (κ3) is 2.44. The average molecular weight is 294 g/mol. The number of halogens is 2. The van der Waals surface area contributed by atoms with E-state index in [0.717, 1.165) is 29.9 Å². The van der Waals surface area contributed by atoms with Crippen LogP contribution in [-0.4, -0.2) is 6.61 Å². The zero-order valence-corrected chi connectivity index (χ0v) is 11.7. The van der Waals surface area contributed by atoms with Gasteiger partial charge in [-0.15, -0.1) is 0 Å². The molecule has 2 N–H and O–H groups in total. The van der Waals surface area contributed by atoms with E-state index in [-0.39, 0.29) is 6.04 Å². The van der Waals surface area contributed by atoms with Crippen molar-refractivity contribution in [1.29, 1.82) is 0 Å². The standard InChI is InChI=1S/C15H13Cl2NO/c16-11-2-3-13(17)12(8-11)15(18)10-1-4-14-9(7-10)5-6-19-14/h1-4,7-8,15H,5-6,18H2/t15-/m0/s1. The lowest BCUT2D eigenvalue weighted by atomic mass is 9.97. The molecule has 4 heteroatoms. The Morgan fingerprint density at radius 1 is 1.11 bits per heavy atom. The van der Waals surface area contributed by atoms with E-state index in [1.165, 1.54) is 5.56 Å². The Hall–Kier alpha value is -1.22. The largest absolute Gasteiger partial charge is 0.493 e. The van der Waals surface area contributed by atoms with E-state index in [0.29, 0.717) is 10.0 Å². The molecule has 2 aromatic rings. The van der Waals surface area contributed by atoms with Crippen LogP contribution in [0.15, 0.2) is 36.4 Å². The van der Waals surface area contributed by atoms with Crippen molar-refractivity contribution in [3.63, 3.8) is 0 Å². The van der Waals surface area contributed by atoms with Gasteiger partial charge >= 0.3 is 0 Å². The van der Waals surface area contributed by atoms with Crippen LogP contribution in [0.2, 0.25) is 10.0 Å². The predicted molar refractivity (Wildman–Crippen MR) is 78.1 cm³/mol. The zero-order valence-electron chi connectivity index (χ0n) is 10.2. The van der Waals surface area contributed by atoms with Crippen molar-refractivity contribution in [2.45, 2.75) is 12.5 Å². The van der Waals surface area contributed by atoms with E-state index in [4.69, 9.17) is 33.7 Å². The summed E-state index contributed by atoms with van der Waals surface area (Å²) in [5.74, 6) is 0.952. The number of fused-ring (bicyclic) bond motifs is 1. The number of hydrogen-bond acceptors (Lipinski definition) is 2. The normalized spacial score (nSPS) is 14.9. The highest BCUT2D eigenvalue weighted by Gasteiger charge is 2.17. The second kappa shape index (κ2) is 5.04. The molecule has 0 saturated heterocycles. The van der Waals surface area contributed by atoms with E-state index in [1.54, 1.807) is 12.1 Å². The number of ether oxygens (including phenoxy) is 1. The fourth-order valence-corrected chi connectivity index (χ4v) is 2.75. The molecule has 0 bridgehead atoms. The topological polar surface area (TPSA) is 35.2 Å². The summed E-state index contributed by atoms with van der Waals surface area (Å²) >= 11 is 12.2. The molecule has 1 atom stereocenters. The van der Waals surface area contributed by atoms with Crippen LogP contribution in [-0.2, 0) is 6.42 Å². The molecule has 2 nitrogen and oxygen atoms in total. The molecule has 0 saturated carbocycles. The van der Waals surface area contributed by atoms with Gasteiger partial charge in [-0.25, -0.2) is 0 Å². The second-order valence-corrected chi connectivity index (χ2v) is 5.45. The average Bonchev–Trinajstić information content (AvgIpc) is 2.88. The molecule has 0 unspecified atom stereocenters. The lowest BCUT2D eigenvalue weighted by molar-refractivity contribution is 0.357. The first-order valence-electron chi connectivity index (χ1n) is 6.11. The molecule has 19 heavy (non-hydrogen) atoms. The van der Waals surface area contributed by atoms with Crippen LogP contribution in [0, 0.1) is 0 Å². The molecule has 1 aliphatic heterocycles. The number of nitrogens with two attached hydrogens (primary N) is 1. The maximum absolute atomic E-state index is 6.30. The fraction of sp³-hybridized carbons (Fsp3) is 0.200. The van der Waals surface area contributed by atoms with Gasteiger partial charge in [0.05, 0.1) is 12.6 Å². The van der Waals surface area contributed by atoms with Crippen molar-refractivity contribution in [2.75, 3.05) is 6.61 Å². The summed E-state index contributed by atoms with van der Waals surface area (Å²) in [6.07, 6.45) is 0.930. The monoisotopic (exact) mass is 293 g/mol. The highest BCUT2D eigenvalue weighted by molar-refractivity contribution is 6.33. The highest BCUT2D eigenvalue weighted by atomic mass is 35.5. The number of hydrogen-bond donors (Lipinski definition) is 1. The van der Waals surface area contributed by atoms with Gasteiger partial charge in [0.15, 0.2) is 0 Å². The van der Waals surface area contributed by atoms with Crippen LogP contribution in [0.25, 0.3) is 0 Å². The molecule has 98 valence electrons. The van der Waals surface area contributed by atoms with Gasteiger partial charge in [0, 0.05) is 16.5 Å². The second-order valence-electron chi connectivity index (χ2n) is 4.61. The summed E-state index contributed by atoms with van der Waals surface area (Å²) in [5.41, 5.74) is 9.36. The van der Waals surface area contributed by atoms with E-state index >= 15 is 0 Å². The molecular weight excluding hydrogens is 281 g/mol. The lowest BCUT2D eigenvalue weighted by Gasteiger charge is -2.15. The van der Waals surface area contributed by atoms with Crippen LogP contribution >= 0.6 is 23.2 Å². The summed E-state index contributed by atoms with van der Waals surface area (Å²) in [7, 11) is 0. The maximum Gasteiger partial charge on any atom is 0.122 e. The van der Waals surface area contributed by atoms with Crippen LogP contribution in [0.3, 0.4) is 0 Å². The lowest BCUT2D eigenvalue weighted by Crippen LogP contribution is -2.12. The van der Waals surface area contributed by atoms with E-state index in [1.807, 2.05) is 18.2 Å². The summed E-state index contributed by atoms with van der Waals surface area (Å²) in [6, 6.07) is 11.1. The Kier molecular flexibility index (Phi) is 3.40. The Morgan fingerprint density at radius 3 is 2.79 bits per heavy atom. The highest BCUT2D eigenvalue weighted by Crippen LogP contribution is 2.32. The first kappa shape index (κ1) is 12.8. The fourth-order valence-electron chi connectivity index (χ4n) is 2.33. The van der Waals surface area contributed by atoms with Crippen molar-refractivity contribution in [1.82, 2.24) is 0 Å². The molecular formula is C15H13Cl2NO. The molecule has 0 spiro atoms. The van der Waals surface area contributed by atoms with Gasteiger partial charge in [0.25, 0.3) is 0 Å². The molecule has 0 aromatic heterocycles. The van der Waals surface area contributed by atoms with Gasteiger partial charge in [-0.05, 0) is 41.0 Å². The maximum atomic E-state index is 6.30. The van der Waals surface area contributed by atoms with E-state index < -0.39 is 0 Å². The third-order valence-corrected chi connectivity index (χ3v) is 3.95. The van der Waals surface area contributed by atoms with Gasteiger partial charge in [-0.1, -0.05) is 35.3 Å². The smallest absolute Gasteiger partial charge is 0.122 e. The number of rotatable bonds is 2. The first-order chi connectivity index (χ1) is 9.15. The molecule has 1 aliphatic rings.